The molecule has 1 N–H and O–H groups in total. The van der Waals surface area contributed by atoms with Crippen LogP contribution < -0.4 is 5.56 Å². The zero-order valence-corrected chi connectivity index (χ0v) is 15.4. The van der Waals surface area contributed by atoms with Crippen LogP contribution in [0.5, 0.6) is 0 Å². The van der Waals surface area contributed by atoms with Crippen LogP contribution in [0, 0.1) is 0 Å². The molecule has 4 rings (SSSR count). The van der Waals surface area contributed by atoms with E-state index < -0.39 is 0 Å². The highest BCUT2D eigenvalue weighted by atomic mass is 32.2. The molecule has 0 amide bonds. The number of nitrogens with zero attached hydrogens (tertiary/aromatic N) is 3. The van der Waals surface area contributed by atoms with Crippen molar-refractivity contribution in [3.63, 3.8) is 0 Å². The number of nitrogens with one attached hydrogen (secondary N) is 1. The first kappa shape index (κ1) is 16.2. The van der Waals surface area contributed by atoms with Crippen molar-refractivity contribution in [1.29, 1.82) is 0 Å². The van der Waals surface area contributed by atoms with Crippen LogP contribution in [0.15, 0.2) is 50.5 Å². The molecule has 0 spiro atoms. The molecule has 6 nitrogen and oxygen atoms in total. The lowest BCUT2D eigenvalue weighted by Gasteiger charge is -2.11. The van der Waals surface area contributed by atoms with E-state index in [1.165, 1.54) is 11.3 Å². The molecule has 25 heavy (non-hydrogen) atoms. The predicted molar refractivity (Wildman–Crippen MR) is 100 cm³/mol. The SMILES string of the molecule is CCn1ccnc1SC(C)c1nc2scc(-c3ccco3)c2c(=O)[nH]1. The molecule has 4 aromatic rings. The van der Waals surface area contributed by atoms with Crippen LogP contribution in [-0.2, 0) is 6.54 Å². The quantitative estimate of drug-likeness (QED) is 0.528. The Morgan fingerprint density at radius 3 is 3.12 bits per heavy atom. The van der Waals surface area contributed by atoms with Gasteiger partial charge >= 0.3 is 0 Å². The van der Waals surface area contributed by atoms with Gasteiger partial charge in [-0.05, 0) is 26.0 Å². The Kier molecular flexibility index (Phi) is 4.22. The van der Waals surface area contributed by atoms with Crippen molar-refractivity contribution in [1.82, 2.24) is 19.5 Å². The van der Waals surface area contributed by atoms with Crippen molar-refractivity contribution in [3.05, 3.63) is 52.3 Å². The van der Waals surface area contributed by atoms with Gasteiger partial charge in [0.1, 0.15) is 16.4 Å². The van der Waals surface area contributed by atoms with Gasteiger partial charge in [-0.25, -0.2) is 9.97 Å². The largest absolute Gasteiger partial charge is 0.464 e. The fraction of sp³-hybridized carbons (Fsp3) is 0.235. The van der Waals surface area contributed by atoms with Gasteiger partial charge in [-0.2, -0.15) is 0 Å². The lowest BCUT2D eigenvalue weighted by atomic mass is 10.2. The maximum Gasteiger partial charge on any atom is 0.260 e. The van der Waals surface area contributed by atoms with E-state index in [1.807, 2.05) is 30.6 Å². The lowest BCUT2D eigenvalue weighted by molar-refractivity contribution is 0.583. The average molecular weight is 372 g/mol. The summed E-state index contributed by atoms with van der Waals surface area (Å²) in [6.07, 6.45) is 5.33. The second-order valence-electron chi connectivity index (χ2n) is 5.51. The van der Waals surface area contributed by atoms with E-state index >= 15 is 0 Å². The number of rotatable bonds is 5. The molecule has 0 aliphatic carbocycles. The summed E-state index contributed by atoms with van der Waals surface area (Å²) in [6.45, 7) is 4.95. The number of imidazole rings is 1. The topological polar surface area (TPSA) is 76.7 Å². The Labute approximate surface area is 151 Å². The first-order valence-electron chi connectivity index (χ1n) is 7.90. The van der Waals surface area contributed by atoms with Gasteiger partial charge in [-0.15, -0.1) is 11.3 Å². The van der Waals surface area contributed by atoms with Crippen LogP contribution in [0.25, 0.3) is 21.5 Å². The van der Waals surface area contributed by atoms with Gasteiger partial charge < -0.3 is 14.0 Å². The van der Waals surface area contributed by atoms with Crippen LogP contribution in [0.3, 0.4) is 0 Å². The fourth-order valence-electron chi connectivity index (χ4n) is 2.64. The lowest BCUT2D eigenvalue weighted by Crippen LogP contribution is -2.12. The molecule has 0 bridgehead atoms. The molecule has 4 heterocycles. The summed E-state index contributed by atoms with van der Waals surface area (Å²) in [5.41, 5.74) is 0.645. The monoisotopic (exact) mass is 372 g/mol. The summed E-state index contributed by atoms with van der Waals surface area (Å²) in [5, 5.41) is 3.40. The molecular formula is C17H16N4O2S2. The molecule has 0 aromatic carbocycles. The van der Waals surface area contributed by atoms with Crippen LogP contribution in [-0.4, -0.2) is 19.5 Å². The number of aromatic amines is 1. The number of hydrogen-bond donors (Lipinski definition) is 1. The fourth-order valence-corrected chi connectivity index (χ4v) is 4.56. The Hall–Kier alpha value is -2.32. The summed E-state index contributed by atoms with van der Waals surface area (Å²) in [6, 6.07) is 3.65. The summed E-state index contributed by atoms with van der Waals surface area (Å²) < 4.78 is 7.49. The third-order valence-electron chi connectivity index (χ3n) is 3.93. The second kappa shape index (κ2) is 6.53. The molecule has 0 radical (unpaired) electrons. The van der Waals surface area contributed by atoms with Crippen LogP contribution >= 0.6 is 23.1 Å². The molecule has 1 unspecified atom stereocenters. The number of furan rings is 1. The molecule has 1 atom stereocenters. The van der Waals surface area contributed by atoms with E-state index in [9.17, 15) is 4.79 Å². The maximum atomic E-state index is 12.6. The van der Waals surface area contributed by atoms with Gasteiger partial charge in [0.05, 0.1) is 16.9 Å². The maximum absolute atomic E-state index is 12.6. The van der Waals surface area contributed by atoms with Crippen molar-refractivity contribution in [3.8, 4) is 11.3 Å². The van der Waals surface area contributed by atoms with E-state index in [4.69, 9.17) is 4.42 Å². The van der Waals surface area contributed by atoms with E-state index in [0.29, 0.717) is 17.0 Å². The van der Waals surface area contributed by atoms with Crippen molar-refractivity contribution in [2.45, 2.75) is 30.8 Å². The Morgan fingerprint density at radius 1 is 1.48 bits per heavy atom. The van der Waals surface area contributed by atoms with Gasteiger partial charge in [0.25, 0.3) is 5.56 Å². The third kappa shape index (κ3) is 2.91. The number of aromatic nitrogens is 4. The zero-order valence-electron chi connectivity index (χ0n) is 13.7. The molecule has 0 aliphatic heterocycles. The molecule has 4 aromatic heterocycles. The Bertz CT molecular complexity index is 1060. The number of H-pyrrole nitrogens is 1. The van der Waals surface area contributed by atoms with Gasteiger partial charge in [-0.1, -0.05) is 11.8 Å². The van der Waals surface area contributed by atoms with Crippen molar-refractivity contribution in [2.24, 2.45) is 0 Å². The van der Waals surface area contributed by atoms with Gasteiger partial charge in [0.2, 0.25) is 0 Å². The van der Waals surface area contributed by atoms with Gasteiger partial charge in [0.15, 0.2) is 5.16 Å². The number of thioether (sulfide) groups is 1. The first-order valence-corrected chi connectivity index (χ1v) is 9.66. The van der Waals surface area contributed by atoms with Gasteiger partial charge in [0, 0.05) is 29.9 Å². The third-order valence-corrected chi connectivity index (χ3v) is 5.93. The summed E-state index contributed by atoms with van der Waals surface area (Å²) in [4.78, 5) is 25.3. The normalized spacial score (nSPS) is 12.7. The van der Waals surface area contributed by atoms with E-state index in [1.54, 1.807) is 24.2 Å². The Balaban J connectivity index is 1.71. The van der Waals surface area contributed by atoms with Crippen molar-refractivity contribution >= 4 is 33.3 Å². The average Bonchev–Trinajstić information content (AvgIpc) is 3.34. The molecule has 0 saturated heterocycles. The Morgan fingerprint density at radius 2 is 2.36 bits per heavy atom. The standard InChI is InChI=1S/C17H16N4O2S2/c1-3-21-7-6-18-17(21)25-10(2)14-19-15(22)13-11(9-24-16(13)20-14)12-5-4-8-23-12/h4-10H,3H2,1-2H3,(H,19,20,22). The van der Waals surface area contributed by atoms with E-state index in [0.717, 1.165) is 22.1 Å². The second-order valence-corrected chi connectivity index (χ2v) is 7.68. The number of thiophene rings is 1. The predicted octanol–water partition coefficient (Wildman–Crippen LogP) is 4.31. The highest BCUT2D eigenvalue weighted by Crippen LogP contribution is 2.35. The minimum absolute atomic E-state index is 0.0148. The van der Waals surface area contributed by atoms with E-state index in [2.05, 4.69) is 26.4 Å². The summed E-state index contributed by atoms with van der Waals surface area (Å²) >= 11 is 3.03. The minimum Gasteiger partial charge on any atom is -0.464 e. The van der Waals surface area contributed by atoms with Crippen molar-refractivity contribution in [2.75, 3.05) is 0 Å². The van der Waals surface area contributed by atoms with Crippen LogP contribution in [0.4, 0.5) is 0 Å². The van der Waals surface area contributed by atoms with E-state index in [-0.39, 0.29) is 10.8 Å². The smallest absolute Gasteiger partial charge is 0.260 e. The zero-order chi connectivity index (χ0) is 17.4. The molecule has 128 valence electrons. The summed E-state index contributed by atoms with van der Waals surface area (Å²) in [7, 11) is 0. The molecule has 0 aliphatic rings. The molecule has 0 saturated carbocycles. The first-order chi connectivity index (χ1) is 12.2. The van der Waals surface area contributed by atoms with Gasteiger partial charge in [-0.3, -0.25) is 4.79 Å². The highest BCUT2D eigenvalue weighted by molar-refractivity contribution is 7.99. The molecule has 0 fully saturated rings. The number of aryl methyl sites for hydroxylation is 1. The van der Waals surface area contributed by atoms with Crippen LogP contribution in [0.1, 0.15) is 24.9 Å². The van der Waals surface area contributed by atoms with Crippen molar-refractivity contribution < 1.29 is 4.42 Å². The number of hydrogen-bond acceptors (Lipinski definition) is 6. The minimum atomic E-state index is -0.140. The summed E-state index contributed by atoms with van der Waals surface area (Å²) in [5.74, 6) is 1.33. The highest BCUT2D eigenvalue weighted by Gasteiger charge is 2.18. The number of fused-ring (bicyclic) bond motifs is 1. The van der Waals surface area contributed by atoms with Crippen LogP contribution in [0.2, 0.25) is 0 Å². The molecule has 8 heteroatoms. The molecular weight excluding hydrogens is 356 g/mol.